The number of ether oxygens (including phenoxy) is 1. The van der Waals surface area contributed by atoms with Crippen LogP contribution in [-0.4, -0.2) is 25.5 Å². The number of halogens is 1. The minimum absolute atomic E-state index is 0.448. The molecule has 0 aromatic heterocycles. The Morgan fingerprint density at radius 1 is 1.41 bits per heavy atom. The fourth-order valence-corrected chi connectivity index (χ4v) is 2.37. The summed E-state index contributed by atoms with van der Waals surface area (Å²) in [6.07, 6.45) is 3.44. The van der Waals surface area contributed by atoms with E-state index in [9.17, 15) is 4.79 Å². The number of anilines is 1. The largest absolute Gasteiger partial charge is 0.382 e. The Balaban J connectivity index is 2.11. The van der Waals surface area contributed by atoms with Crippen molar-refractivity contribution in [2.75, 3.05) is 18.5 Å². The number of nitrogens with one attached hydrogen (secondary N) is 1. The van der Waals surface area contributed by atoms with E-state index in [2.05, 4.69) is 21.2 Å². The smallest absolute Gasteiger partial charge is 0.124 e. The lowest BCUT2D eigenvalue weighted by molar-refractivity contribution is -0.107. The van der Waals surface area contributed by atoms with Crippen LogP contribution in [0.4, 0.5) is 5.69 Å². The minimum atomic E-state index is 0.448. The number of aldehydes is 1. The Morgan fingerprint density at radius 3 is 2.88 bits per heavy atom. The zero-order valence-electron chi connectivity index (χ0n) is 9.62. The third-order valence-electron chi connectivity index (χ3n) is 2.96. The fraction of sp³-hybridized carbons (Fsp3) is 0.462. The van der Waals surface area contributed by atoms with Crippen LogP contribution in [0.2, 0.25) is 0 Å². The Kier molecular flexibility index (Phi) is 4.57. The second-order valence-corrected chi connectivity index (χ2v) is 5.12. The molecule has 0 amide bonds. The molecule has 1 aliphatic rings. The molecule has 0 unspecified atom stereocenters. The lowest BCUT2D eigenvalue weighted by atomic mass is 10.1. The van der Waals surface area contributed by atoms with E-state index in [1.165, 1.54) is 0 Å². The number of benzene rings is 1. The highest BCUT2D eigenvalue weighted by Crippen LogP contribution is 2.24. The van der Waals surface area contributed by atoms with E-state index in [1.54, 1.807) is 0 Å². The third-order valence-corrected chi connectivity index (χ3v) is 3.45. The van der Waals surface area contributed by atoms with Gasteiger partial charge in [-0.3, -0.25) is 0 Å². The van der Waals surface area contributed by atoms with Crippen LogP contribution >= 0.6 is 15.9 Å². The summed E-state index contributed by atoms with van der Waals surface area (Å²) < 4.78 is 6.36. The average Bonchev–Trinajstić information content (AvgIpc) is 2.34. The average molecular weight is 298 g/mol. The molecule has 1 aromatic rings. The number of carbonyl (C=O) groups excluding carboxylic acids is 1. The van der Waals surface area contributed by atoms with E-state index in [4.69, 9.17) is 4.74 Å². The van der Waals surface area contributed by atoms with Crippen LogP contribution in [0.3, 0.4) is 0 Å². The van der Waals surface area contributed by atoms with Gasteiger partial charge in [0, 0.05) is 35.8 Å². The topological polar surface area (TPSA) is 38.3 Å². The quantitative estimate of drug-likeness (QED) is 0.869. The molecule has 1 aliphatic heterocycles. The van der Waals surface area contributed by atoms with Gasteiger partial charge in [0.25, 0.3) is 0 Å². The van der Waals surface area contributed by atoms with Crippen LogP contribution in [0.1, 0.15) is 18.4 Å². The van der Waals surface area contributed by atoms with Crippen molar-refractivity contribution in [3.63, 3.8) is 0 Å². The molecular weight excluding hydrogens is 282 g/mol. The predicted octanol–water partition coefficient (Wildman–Crippen LogP) is 2.78. The van der Waals surface area contributed by atoms with E-state index >= 15 is 0 Å². The van der Waals surface area contributed by atoms with Gasteiger partial charge in [-0.15, -0.1) is 0 Å². The Labute approximate surface area is 110 Å². The van der Waals surface area contributed by atoms with Crippen molar-refractivity contribution in [3.8, 4) is 0 Å². The summed E-state index contributed by atoms with van der Waals surface area (Å²) in [5, 5.41) is 3.51. The summed E-state index contributed by atoms with van der Waals surface area (Å²) in [6, 6.07) is 6.44. The number of carbonyl (C=O) groups is 1. The Hall–Kier alpha value is -0.870. The van der Waals surface area contributed by atoms with E-state index in [0.29, 0.717) is 12.5 Å². The second kappa shape index (κ2) is 6.17. The molecular formula is C13H16BrNO2. The van der Waals surface area contributed by atoms with Crippen molar-refractivity contribution in [3.05, 3.63) is 28.2 Å². The monoisotopic (exact) mass is 297 g/mol. The molecule has 0 radical (unpaired) electrons. The molecule has 0 bridgehead atoms. The molecule has 2 rings (SSSR count). The first-order valence-corrected chi connectivity index (χ1v) is 6.65. The van der Waals surface area contributed by atoms with Crippen molar-refractivity contribution in [1.82, 2.24) is 0 Å². The van der Waals surface area contributed by atoms with Crippen molar-refractivity contribution in [1.29, 1.82) is 0 Å². The number of hydrogen-bond acceptors (Lipinski definition) is 3. The SMILES string of the molecule is O=CCc1ccc(Br)cc1NC1CCOCC1. The van der Waals surface area contributed by atoms with Crippen LogP contribution in [0, 0.1) is 0 Å². The van der Waals surface area contributed by atoms with Crippen LogP contribution in [0.15, 0.2) is 22.7 Å². The standard InChI is InChI=1S/C13H16BrNO2/c14-11-2-1-10(3-6-16)13(9-11)15-12-4-7-17-8-5-12/h1-2,6,9,12,15H,3-5,7-8H2. The van der Waals surface area contributed by atoms with Crippen LogP contribution in [0.25, 0.3) is 0 Å². The highest BCUT2D eigenvalue weighted by atomic mass is 79.9. The van der Waals surface area contributed by atoms with E-state index in [1.807, 2.05) is 18.2 Å². The van der Waals surface area contributed by atoms with Crippen molar-refractivity contribution in [2.45, 2.75) is 25.3 Å². The van der Waals surface area contributed by atoms with Crippen LogP contribution in [-0.2, 0) is 16.0 Å². The maximum Gasteiger partial charge on any atom is 0.124 e. The van der Waals surface area contributed by atoms with Crippen molar-refractivity contribution >= 4 is 27.9 Å². The van der Waals surface area contributed by atoms with Crippen LogP contribution < -0.4 is 5.32 Å². The lowest BCUT2D eigenvalue weighted by Crippen LogP contribution is -2.28. The van der Waals surface area contributed by atoms with Gasteiger partial charge >= 0.3 is 0 Å². The first kappa shape index (κ1) is 12.6. The summed E-state index contributed by atoms with van der Waals surface area (Å²) in [4.78, 5) is 10.6. The number of hydrogen-bond donors (Lipinski definition) is 1. The molecule has 17 heavy (non-hydrogen) atoms. The highest BCUT2D eigenvalue weighted by molar-refractivity contribution is 9.10. The molecule has 0 saturated carbocycles. The molecule has 1 fully saturated rings. The molecule has 1 saturated heterocycles. The number of rotatable bonds is 4. The van der Waals surface area contributed by atoms with Gasteiger partial charge in [-0.2, -0.15) is 0 Å². The maximum atomic E-state index is 10.6. The molecule has 0 aliphatic carbocycles. The highest BCUT2D eigenvalue weighted by Gasteiger charge is 2.14. The van der Waals surface area contributed by atoms with E-state index < -0.39 is 0 Å². The summed E-state index contributed by atoms with van der Waals surface area (Å²) in [5.41, 5.74) is 2.10. The molecule has 0 spiro atoms. The van der Waals surface area contributed by atoms with Gasteiger partial charge in [0.15, 0.2) is 0 Å². The molecule has 1 N–H and O–H groups in total. The Morgan fingerprint density at radius 2 is 2.18 bits per heavy atom. The van der Waals surface area contributed by atoms with Crippen LogP contribution in [0.5, 0.6) is 0 Å². The van der Waals surface area contributed by atoms with Crippen molar-refractivity contribution < 1.29 is 9.53 Å². The zero-order chi connectivity index (χ0) is 12.1. The molecule has 1 aromatic carbocycles. The lowest BCUT2D eigenvalue weighted by Gasteiger charge is -2.25. The van der Waals surface area contributed by atoms with Gasteiger partial charge in [0.1, 0.15) is 6.29 Å². The molecule has 0 atom stereocenters. The van der Waals surface area contributed by atoms with Crippen molar-refractivity contribution in [2.24, 2.45) is 0 Å². The summed E-state index contributed by atoms with van der Waals surface area (Å²) in [5.74, 6) is 0. The molecule has 1 heterocycles. The van der Waals surface area contributed by atoms with Gasteiger partial charge in [0.2, 0.25) is 0 Å². The summed E-state index contributed by atoms with van der Waals surface area (Å²) >= 11 is 3.46. The second-order valence-electron chi connectivity index (χ2n) is 4.20. The van der Waals surface area contributed by atoms with E-state index in [0.717, 1.165) is 48.1 Å². The first-order valence-electron chi connectivity index (χ1n) is 5.86. The molecule has 92 valence electrons. The zero-order valence-corrected chi connectivity index (χ0v) is 11.2. The fourth-order valence-electron chi connectivity index (χ4n) is 2.01. The molecule has 3 nitrogen and oxygen atoms in total. The predicted molar refractivity (Wildman–Crippen MR) is 71.4 cm³/mol. The maximum absolute atomic E-state index is 10.6. The minimum Gasteiger partial charge on any atom is -0.382 e. The van der Waals surface area contributed by atoms with Gasteiger partial charge in [0.05, 0.1) is 0 Å². The van der Waals surface area contributed by atoms with Gasteiger partial charge in [-0.25, -0.2) is 0 Å². The molecule has 4 heteroatoms. The Bertz CT molecular complexity index is 389. The summed E-state index contributed by atoms with van der Waals surface area (Å²) in [6.45, 7) is 1.63. The van der Waals surface area contributed by atoms with E-state index in [-0.39, 0.29) is 0 Å². The summed E-state index contributed by atoms with van der Waals surface area (Å²) in [7, 11) is 0. The first-order chi connectivity index (χ1) is 8.29. The third kappa shape index (κ3) is 3.54. The normalized spacial score (nSPS) is 16.8. The van der Waals surface area contributed by atoms with Gasteiger partial charge < -0.3 is 14.8 Å². The van der Waals surface area contributed by atoms with Gasteiger partial charge in [-0.1, -0.05) is 22.0 Å². The van der Waals surface area contributed by atoms with Gasteiger partial charge in [-0.05, 0) is 30.5 Å².